The number of carbonyl (C=O) groups is 1. The second-order valence-corrected chi connectivity index (χ2v) is 11.1. The first-order valence-corrected chi connectivity index (χ1v) is 13.2. The smallest absolute Gasteiger partial charge is 0.266 e. The maximum Gasteiger partial charge on any atom is 0.266 e. The quantitative estimate of drug-likeness (QED) is 0.163. The maximum atomic E-state index is 13.6. The van der Waals surface area contributed by atoms with Crippen molar-refractivity contribution < 1.29 is 9.18 Å². The summed E-state index contributed by atoms with van der Waals surface area (Å²) in [4.78, 5) is 34.2. The summed E-state index contributed by atoms with van der Waals surface area (Å²) in [6, 6.07) is 16.8. The molecule has 180 valence electrons. The summed E-state index contributed by atoms with van der Waals surface area (Å²) in [6.45, 7) is 2.10. The zero-order valence-corrected chi connectivity index (χ0v) is 22.0. The van der Waals surface area contributed by atoms with Gasteiger partial charge in [-0.3, -0.25) is 18.9 Å². The molecule has 36 heavy (non-hydrogen) atoms. The maximum absolute atomic E-state index is 13.6. The van der Waals surface area contributed by atoms with E-state index in [4.69, 9.17) is 28.8 Å². The van der Waals surface area contributed by atoms with Gasteiger partial charge in [-0.15, -0.1) is 0 Å². The first-order valence-electron chi connectivity index (χ1n) is 10.8. The Kier molecular flexibility index (Phi) is 6.98. The molecule has 4 aromatic rings. The van der Waals surface area contributed by atoms with E-state index in [0.29, 0.717) is 30.5 Å². The molecule has 1 amide bonds. The molecule has 2 aromatic carbocycles. The number of amides is 1. The van der Waals surface area contributed by atoms with Gasteiger partial charge in [-0.2, -0.15) is 0 Å². The van der Waals surface area contributed by atoms with Crippen LogP contribution in [0.5, 0.6) is 0 Å². The third-order valence-corrected chi connectivity index (χ3v) is 8.12. The van der Waals surface area contributed by atoms with E-state index in [9.17, 15) is 14.0 Å². The zero-order chi connectivity index (χ0) is 25.4. The second kappa shape index (κ2) is 10.2. The van der Waals surface area contributed by atoms with Gasteiger partial charge in [0.05, 0.1) is 17.0 Å². The minimum absolute atomic E-state index is 0.211. The van der Waals surface area contributed by atoms with Crippen molar-refractivity contribution in [3.63, 3.8) is 0 Å². The summed E-state index contributed by atoms with van der Waals surface area (Å²) in [5, 5.41) is 1.08. The molecule has 0 N–H and O–H groups in total. The standard InChI is InChI=1S/C26H17ClFN3O2S3/c1-15-3-2-12-30-22(15)29-23(35-19-10-6-17(27)7-11-19)20(24(30)32)13-21-25(33)31(26(34)36-21)14-16-4-8-18(28)9-5-16/h2-13H,14H2,1H3/b21-13+. The molecule has 1 saturated heterocycles. The summed E-state index contributed by atoms with van der Waals surface area (Å²) >= 11 is 13.9. The van der Waals surface area contributed by atoms with Gasteiger partial charge in [0.25, 0.3) is 11.5 Å². The van der Waals surface area contributed by atoms with Crippen LogP contribution in [0, 0.1) is 12.7 Å². The fraction of sp³-hybridized carbons (Fsp3) is 0.0769. The number of hydrogen-bond donors (Lipinski definition) is 0. The van der Waals surface area contributed by atoms with Crippen molar-refractivity contribution in [2.24, 2.45) is 0 Å². The molecule has 3 heterocycles. The monoisotopic (exact) mass is 553 g/mol. The molecule has 5 rings (SSSR count). The summed E-state index contributed by atoms with van der Waals surface area (Å²) < 4.78 is 15.1. The van der Waals surface area contributed by atoms with E-state index in [0.717, 1.165) is 27.8 Å². The van der Waals surface area contributed by atoms with Crippen molar-refractivity contribution >= 4 is 69.3 Å². The highest BCUT2D eigenvalue weighted by Crippen LogP contribution is 2.36. The lowest BCUT2D eigenvalue weighted by Gasteiger charge is -2.14. The topological polar surface area (TPSA) is 54.7 Å². The van der Waals surface area contributed by atoms with Crippen molar-refractivity contribution in [2.75, 3.05) is 0 Å². The van der Waals surface area contributed by atoms with Gasteiger partial charge in [0.1, 0.15) is 20.8 Å². The molecule has 0 spiro atoms. The Morgan fingerprint density at radius 3 is 2.56 bits per heavy atom. The van der Waals surface area contributed by atoms with Crippen LogP contribution >= 0.6 is 47.3 Å². The number of thiocarbonyl (C=S) groups is 1. The molecule has 1 fully saturated rings. The highest BCUT2D eigenvalue weighted by atomic mass is 35.5. The lowest BCUT2D eigenvalue weighted by Crippen LogP contribution is -2.27. The van der Waals surface area contributed by atoms with Crippen LogP contribution in [0.1, 0.15) is 16.7 Å². The first-order chi connectivity index (χ1) is 17.3. The van der Waals surface area contributed by atoms with Gasteiger partial charge in [-0.25, -0.2) is 9.37 Å². The minimum Gasteiger partial charge on any atom is -0.288 e. The van der Waals surface area contributed by atoms with Crippen molar-refractivity contribution in [3.8, 4) is 0 Å². The number of aromatic nitrogens is 2. The molecular weight excluding hydrogens is 537 g/mol. The number of benzene rings is 2. The second-order valence-electron chi connectivity index (χ2n) is 7.97. The number of thioether (sulfide) groups is 1. The number of pyridine rings is 1. The van der Waals surface area contributed by atoms with Gasteiger partial charge in [0.2, 0.25) is 0 Å². The molecule has 0 atom stereocenters. The largest absolute Gasteiger partial charge is 0.288 e. The Hall–Kier alpha value is -2.98. The van der Waals surface area contributed by atoms with Crippen LogP contribution in [-0.4, -0.2) is 24.5 Å². The van der Waals surface area contributed by atoms with Crippen LogP contribution in [0.2, 0.25) is 5.02 Å². The predicted octanol–water partition coefficient (Wildman–Crippen LogP) is 6.35. The SMILES string of the molecule is Cc1cccn2c(=O)c(/C=C3/SC(=S)N(Cc4ccc(F)cc4)C3=O)c(Sc3ccc(Cl)cc3)nc12. The molecule has 0 aliphatic carbocycles. The van der Waals surface area contributed by atoms with Gasteiger partial charge >= 0.3 is 0 Å². The number of aryl methyl sites for hydroxylation is 1. The molecule has 0 saturated carbocycles. The van der Waals surface area contributed by atoms with Crippen LogP contribution in [0.4, 0.5) is 4.39 Å². The third kappa shape index (κ3) is 4.97. The van der Waals surface area contributed by atoms with E-state index in [-0.39, 0.29) is 23.8 Å². The van der Waals surface area contributed by atoms with Crippen LogP contribution < -0.4 is 5.56 Å². The number of carbonyl (C=O) groups excluding carboxylic acids is 1. The van der Waals surface area contributed by atoms with Gasteiger partial charge in [0, 0.05) is 16.1 Å². The van der Waals surface area contributed by atoms with E-state index < -0.39 is 0 Å². The molecule has 1 aliphatic heterocycles. The third-order valence-electron chi connectivity index (χ3n) is 5.48. The van der Waals surface area contributed by atoms with Crippen LogP contribution in [0.25, 0.3) is 11.7 Å². The zero-order valence-electron chi connectivity index (χ0n) is 18.8. The number of fused-ring (bicyclic) bond motifs is 1. The van der Waals surface area contributed by atoms with Crippen molar-refractivity contribution in [1.29, 1.82) is 0 Å². The van der Waals surface area contributed by atoms with E-state index in [1.807, 2.05) is 25.1 Å². The summed E-state index contributed by atoms with van der Waals surface area (Å²) in [7, 11) is 0. The minimum atomic E-state index is -0.353. The molecule has 2 aromatic heterocycles. The van der Waals surface area contributed by atoms with Gasteiger partial charge in [0.15, 0.2) is 0 Å². The summed E-state index contributed by atoms with van der Waals surface area (Å²) in [5.74, 6) is -0.667. The molecule has 0 bridgehead atoms. The first kappa shape index (κ1) is 24.7. The molecular formula is C26H17ClFN3O2S3. The van der Waals surface area contributed by atoms with Gasteiger partial charge < -0.3 is 0 Å². The molecule has 0 radical (unpaired) electrons. The fourth-order valence-electron chi connectivity index (χ4n) is 3.65. The van der Waals surface area contributed by atoms with Crippen LogP contribution in [-0.2, 0) is 11.3 Å². The van der Waals surface area contributed by atoms with Crippen LogP contribution in [0.3, 0.4) is 0 Å². The van der Waals surface area contributed by atoms with Gasteiger partial charge in [-0.05, 0) is 66.6 Å². The van der Waals surface area contributed by atoms with Gasteiger partial charge in [-0.1, -0.05) is 65.5 Å². The lowest BCUT2D eigenvalue weighted by atomic mass is 10.2. The highest BCUT2D eigenvalue weighted by molar-refractivity contribution is 8.26. The molecule has 10 heteroatoms. The molecule has 5 nitrogen and oxygen atoms in total. The normalized spacial score (nSPS) is 14.9. The highest BCUT2D eigenvalue weighted by Gasteiger charge is 2.32. The number of hydrogen-bond acceptors (Lipinski definition) is 6. The number of rotatable bonds is 5. The average molecular weight is 554 g/mol. The Morgan fingerprint density at radius 1 is 1.11 bits per heavy atom. The Bertz CT molecular complexity index is 1600. The number of halogens is 2. The van der Waals surface area contributed by atoms with Crippen molar-refractivity contribution in [3.05, 3.63) is 110 Å². The summed E-state index contributed by atoms with van der Waals surface area (Å²) in [6.07, 6.45) is 3.22. The van der Waals surface area contributed by atoms with E-state index in [2.05, 4.69) is 0 Å². The Morgan fingerprint density at radius 2 is 1.83 bits per heavy atom. The summed E-state index contributed by atoms with van der Waals surface area (Å²) in [5.41, 5.74) is 2.14. The Balaban J connectivity index is 1.57. The fourth-order valence-corrected chi connectivity index (χ4v) is 5.89. The molecule has 1 aliphatic rings. The van der Waals surface area contributed by atoms with E-state index >= 15 is 0 Å². The average Bonchev–Trinajstić information content (AvgIpc) is 3.12. The van der Waals surface area contributed by atoms with E-state index in [1.165, 1.54) is 33.2 Å². The van der Waals surface area contributed by atoms with E-state index in [1.54, 1.807) is 42.6 Å². The molecule has 0 unspecified atom stereocenters. The Labute approximate surface area is 225 Å². The predicted molar refractivity (Wildman–Crippen MR) is 147 cm³/mol. The lowest BCUT2D eigenvalue weighted by molar-refractivity contribution is -0.122. The number of nitrogens with zero attached hydrogens (tertiary/aromatic N) is 3. The van der Waals surface area contributed by atoms with Crippen molar-refractivity contribution in [1.82, 2.24) is 14.3 Å². The van der Waals surface area contributed by atoms with Crippen molar-refractivity contribution in [2.45, 2.75) is 23.4 Å². The van der Waals surface area contributed by atoms with Crippen LogP contribution in [0.15, 0.2) is 86.5 Å².